The molecule has 0 saturated carbocycles. The third-order valence-electron chi connectivity index (χ3n) is 3.43. The second-order valence-corrected chi connectivity index (χ2v) is 5.20. The summed E-state index contributed by atoms with van der Waals surface area (Å²) in [4.78, 5) is 11.1. The Labute approximate surface area is 128 Å². The summed E-state index contributed by atoms with van der Waals surface area (Å²) in [5.41, 5.74) is 0.559. The summed E-state index contributed by atoms with van der Waals surface area (Å²) in [7, 11) is 0. The van der Waals surface area contributed by atoms with Crippen molar-refractivity contribution in [3.05, 3.63) is 23.8 Å². The maximum atomic E-state index is 11.1. The third-order valence-corrected chi connectivity index (χ3v) is 3.43. The van der Waals surface area contributed by atoms with Crippen molar-refractivity contribution < 1.29 is 14.3 Å². The number of benzene rings is 1. The second-order valence-electron chi connectivity index (χ2n) is 5.20. The Morgan fingerprint density at radius 1 is 0.952 bits per heavy atom. The summed E-state index contributed by atoms with van der Waals surface area (Å²) in [5, 5.41) is 0. The summed E-state index contributed by atoms with van der Waals surface area (Å²) < 4.78 is 11.3. The number of hydrogen-bond acceptors (Lipinski definition) is 3. The lowest BCUT2D eigenvalue weighted by atomic mass is 10.1. The van der Waals surface area contributed by atoms with Crippen molar-refractivity contribution >= 4 is 6.29 Å². The predicted octanol–water partition coefficient (Wildman–Crippen LogP) is 5.03. The van der Waals surface area contributed by atoms with Crippen LogP contribution in [0.25, 0.3) is 0 Å². The molecule has 0 heterocycles. The van der Waals surface area contributed by atoms with Crippen LogP contribution in [0.4, 0.5) is 0 Å². The highest BCUT2D eigenvalue weighted by Gasteiger charge is 2.10. The average molecular weight is 292 g/mol. The monoisotopic (exact) mass is 292 g/mol. The molecule has 3 nitrogen and oxygen atoms in total. The fourth-order valence-electron chi connectivity index (χ4n) is 2.28. The minimum Gasteiger partial charge on any atom is -0.490 e. The number of carbonyl (C=O) groups is 1. The summed E-state index contributed by atoms with van der Waals surface area (Å²) in [6, 6.07) is 5.42. The molecule has 0 fully saturated rings. The standard InChI is InChI=1S/C18H28O3/c1-3-5-6-7-8-9-10-14-21-18-16(15-19)12-11-13-17(18)20-4-2/h11-13,15H,3-10,14H2,1-2H3. The van der Waals surface area contributed by atoms with E-state index in [1.165, 1.54) is 38.5 Å². The van der Waals surface area contributed by atoms with Gasteiger partial charge < -0.3 is 9.47 Å². The van der Waals surface area contributed by atoms with Gasteiger partial charge in [-0.05, 0) is 25.5 Å². The SMILES string of the molecule is CCCCCCCCCOc1c(C=O)cccc1OCC. The Morgan fingerprint density at radius 3 is 2.33 bits per heavy atom. The first-order valence-corrected chi connectivity index (χ1v) is 8.17. The smallest absolute Gasteiger partial charge is 0.171 e. The number of para-hydroxylation sites is 1. The fraction of sp³-hybridized carbons (Fsp3) is 0.611. The average Bonchev–Trinajstić information content (AvgIpc) is 2.51. The second kappa shape index (κ2) is 11.2. The number of hydrogen-bond donors (Lipinski definition) is 0. The van der Waals surface area contributed by atoms with Gasteiger partial charge in [0.05, 0.1) is 18.8 Å². The molecule has 21 heavy (non-hydrogen) atoms. The first-order valence-electron chi connectivity index (χ1n) is 8.17. The minimum absolute atomic E-state index is 0.559. The van der Waals surface area contributed by atoms with E-state index in [9.17, 15) is 4.79 Å². The van der Waals surface area contributed by atoms with E-state index < -0.39 is 0 Å². The van der Waals surface area contributed by atoms with Gasteiger partial charge in [-0.3, -0.25) is 4.79 Å². The normalized spacial score (nSPS) is 10.4. The number of aldehydes is 1. The van der Waals surface area contributed by atoms with Crippen molar-refractivity contribution in [3.63, 3.8) is 0 Å². The van der Waals surface area contributed by atoms with Crippen LogP contribution in [-0.4, -0.2) is 19.5 Å². The number of rotatable bonds is 12. The van der Waals surface area contributed by atoms with Crippen molar-refractivity contribution in [3.8, 4) is 11.5 Å². The van der Waals surface area contributed by atoms with E-state index in [4.69, 9.17) is 9.47 Å². The Balaban J connectivity index is 2.35. The molecule has 0 N–H and O–H groups in total. The molecule has 1 aromatic rings. The van der Waals surface area contributed by atoms with Crippen molar-refractivity contribution in [2.75, 3.05) is 13.2 Å². The maximum Gasteiger partial charge on any atom is 0.171 e. The fourth-order valence-corrected chi connectivity index (χ4v) is 2.28. The quantitative estimate of drug-likeness (QED) is 0.400. The summed E-state index contributed by atoms with van der Waals surface area (Å²) >= 11 is 0. The highest BCUT2D eigenvalue weighted by atomic mass is 16.5. The molecule has 1 rings (SSSR count). The molecule has 1 aromatic carbocycles. The Hall–Kier alpha value is -1.51. The number of unbranched alkanes of at least 4 members (excludes halogenated alkanes) is 6. The van der Waals surface area contributed by atoms with Gasteiger partial charge in [-0.25, -0.2) is 0 Å². The molecular formula is C18H28O3. The highest BCUT2D eigenvalue weighted by Crippen LogP contribution is 2.30. The third kappa shape index (κ3) is 6.65. The van der Waals surface area contributed by atoms with Crippen LogP contribution in [0.1, 0.15) is 69.2 Å². The first kappa shape index (κ1) is 17.5. The van der Waals surface area contributed by atoms with Gasteiger partial charge in [0.25, 0.3) is 0 Å². The zero-order valence-electron chi connectivity index (χ0n) is 13.4. The largest absolute Gasteiger partial charge is 0.490 e. The van der Waals surface area contributed by atoms with Crippen LogP contribution in [0.5, 0.6) is 11.5 Å². The Morgan fingerprint density at radius 2 is 1.67 bits per heavy atom. The molecule has 3 heteroatoms. The van der Waals surface area contributed by atoms with Crippen molar-refractivity contribution in [2.24, 2.45) is 0 Å². The van der Waals surface area contributed by atoms with E-state index in [-0.39, 0.29) is 0 Å². The van der Waals surface area contributed by atoms with Crippen LogP contribution >= 0.6 is 0 Å². The minimum atomic E-state index is 0.559. The first-order chi connectivity index (χ1) is 10.3. The van der Waals surface area contributed by atoms with Gasteiger partial charge in [0.15, 0.2) is 17.8 Å². The van der Waals surface area contributed by atoms with Crippen LogP contribution in [-0.2, 0) is 0 Å². The zero-order valence-corrected chi connectivity index (χ0v) is 13.4. The molecule has 0 saturated heterocycles. The molecule has 118 valence electrons. The molecule has 0 aliphatic heterocycles. The predicted molar refractivity (Wildman–Crippen MR) is 86.5 cm³/mol. The molecular weight excluding hydrogens is 264 g/mol. The van der Waals surface area contributed by atoms with Gasteiger partial charge in [0.2, 0.25) is 0 Å². The van der Waals surface area contributed by atoms with Crippen molar-refractivity contribution in [1.82, 2.24) is 0 Å². The zero-order chi connectivity index (χ0) is 15.3. The highest BCUT2D eigenvalue weighted by molar-refractivity contribution is 5.81. The summed E-state index contributed by atoms with van der Waals surface area (Å²) in [5.74, 6) is 1.24. The van der Waals surface area contributed by atoms with Gasteiger partial charge in [0, 0.05) is 0 Å². The van der Waals surface area contributed by atoms with E-state index in [0.29, 0.717) is 30.3 Å². The van der Waals surface area contributed by atoms with E-state index in [1.54, 1.807) is 6.07 Å². The van der Waals surface area contributed by atoms with Crippen molar-refractivity contribution in [2.45, 2.75) is 58.8 Å². The van der Waals surface area contributed by atoms with Gasteiger partial charge in [0.1, 0.15) is 0 Å². The molecule has 0 aliphatic carbocycles. The summed E-state index contributed by atoms with van der Waals surface area (Å²) in [6.45, 7) is 5.36. The summed E-state index contributed by atoms with van der Waals surface area (Å²) in [6.07, 6.45) is 9.54. The van der Waals surface area contributed by atoms with Crippen LogP contribution in [0.2, 0.25) is 0 Å². The Bertz CT molecular complexity index is 401. The lowest BCUT2D eigenvalue weighted by Gasteiger charge is -2.13. The van der Waals surface area contributed by atoms with Gasteiger partial charge >= 0.3 is 0 Å². The molecule has 0 aliphatic rings. The molecule has 0 aromatic heterocycles. The van der Waals surface area contributed by atoms with Crippen LogP contribution in [0.3, 0.4) is 0 Å². The number of ether oxygens (including phenoxy) is 2. The molecule has 0 bridgehead atoms. The molecule has 0 amide bonds. The van der Waals surface area contributed by atoms with Crippen molar-refractivity contribution in [1.29, 1.82) is 0 Å². The number of carbonyl (C=O) groups excluding carboxylic acids is 1. The maximum absolute atomic E-state index is 11.1. The van der Waals surface area contributed by atoms with Gasteiger partial charge in [-0.2, -0.15) is 0 Å². The van der Waals surface area contributed by atoms with E-state index in [2.05, 4.69) is 6.92 Å². The van der Waals surface area contributed by atoms with Gasteiger partial charge in [-0.1, -0.05) is 51.5 Å². The molecule has 0 spiro atoms. The molecule has 0 unspecified atom stereocenters. The van der Waals surface area contributed by atoms with Gasteiger partial charge in [-0.15, -0.1) is 0 Å². The Kier molecular flexibility index (Phi) is 9.34. The van der Waals surface area contributed by atoms with E-state index in [0.717, 1.165) is 12.7 Å². The van der Waals surface area contributed by atoms with Crippen LogP contribution in [0.15, 0.2) is 18.2 Å². The van der Waals surface area contributed by atoms with Crippen LogP contribution in [0, 0.1) is 0 Å². The molecule has 0 radical (unpaired) electrons. The molecule has 0 atom stereocenters. The topological polar surface area (TPSA) is 35.5 Å². The van der Waals surface area contributed by atoms with E-state index >= 15 is 0 Å². The van der Waals surface area contributed by atoms with E-state index in [1.807, 2.05) is 19.1 Å². The lowest BCUT2D eigenvalue weighted by molar-refractivity contribution is 0.111. The lowest BCUT2D eigenvalue weighted by Crippen LogP contribution is -2.03. The van der Waals surface area contributed by atoms with Crippen LogP contribution < -0.4 is 9.47 Å².